The lowest BCUT2D eigenvalue weighted by molar-refractivity contribution is -0.136. The van der Waals surface area contributed by atoms with Gasteiger partial charge in [-0.25, -0.2) is 9.79 Å². The monoisotopic (exact) mass is 447 g/mol. The van der Waals surface area contributed by atoms with Gasteiger partial charge in [-0.2, -0.15) is 0 Å². The summed E-state index contributed by atoms with van der Waals surface area (Å²) in [5.74, 6) is -0.484. The predicted octanol–water partition coefficient (Wildman–Crippen LogP) is 4.53. The minimum absolute atomic E-state index is 0.0846. The zero-order chi connectivity index (χ0) is 22.5. The predicted molar refractivity (Wildman–Crippen MR) is 126 cm³/mol. The molecule has 7 heteroatoms. The lowest BCUT2D eigenvalue weighted by Crippen LogP contribution is -2.38. The van der Waals surface area contributed by atoms with Crippen molar-refractivity contribution in [1.82, 2.24) is 10.2 Å². The molecule has 0 fully saturated rings. The van der Waals surface area contributed by atoms with E-state index in [9.17, 15) is 9.59 Å². The van der Waals surface area contributed by atoms with Crippen LogP contribution in [-0.4, -0.2) is 29.1 Å². The zero-order valence-electron chi connectivity index (χ0n) is 18.1. The minimum Gasteiger partial charge on any atom is -0.466 e. The Bertz CT molecular complexity index is 1090. The fourth-order valence-corrected chi connectivity index (χ4v) is 4.82. The number of carbonyl (C=O) groups is 2. The number of amidine groups is 1. The Morgan fingerprint density at radius 1 is 1.09 bits per heavy atom. The normalized spacial score (nSPS) is 17.4. The number of hydrogen-bond donors (Lipinski definition) is 1. The van der Waals surface area contributed by atoms with Gasteiger partial charge in [0.05, 0.1) is 30.8 Å². The quantitative estimate of drug-likeness (QED) is 0.632. The molecule has 1 amide bonds. The third kappa shape index (κ3) is 4.48. The molecule has 2 heterocycles. The van der Waals surface area contributed by atoms with Crippen LogP contribution in [0, 0.1) is 0 Å². The highest BCUT2D eigenvalue weighted by atomic mass is 32.2. The molecule has 1 atom stereocenters. The van der Waals surface area contributed by atoms with Gasteiger partial charge in [-0.1, -0.05) is 79.3 Å². The second kappa shape index (κ2) is 9.87. The fraction of sp³-hybridized carbons (Fsp3) is 0.240. The highest BCUT2D eigenvalue weighted by Gasteiger charge is 2.41. The van der Waals surface area contributed by atoms with Crippen LogP contribution in [0.3, 0.4) is 0 Å². The van der Waals surface area contributed by atoms with E-state index in [1.165, 1.54) is 18.9 Å². The Morgan fingerprint density at radius 2 is 1.78 bits per heavy atom. The number of carbonyl (C=O) groups excluding carboxylic acids is 2. The van der Waals surface area contributed by atoms with E-state index in [4.69, 9.17) is 9.73 Å². The Hall–Kier alpha value is -3.32. The molecule has 164 valence electrons. The Morgan fingerprint density at radius 3 is 2.44 bits per heavy atom. The Kier molecular flexibility index (Phi) is 6.75. The van der Waals surface area contributed by atoms with E-state index in [1.807, 2.05) is 77.9 Å². The summed E-state index contributed by atoms with van der Waals surface area (Å²) in [6, 6.07) is 19.2. The largest absolute Gasteiger partial charge is 0.466 e. The molecule has 2 aliphatic rings. The molecular formula is C25H25N3O3S. The number of esters is 1. The molecular weight excluding hydrogens is 422 g/mol. The van der Waals surface area contributed by atoms with Crippen LogP contribution in [0.2, 0.25) is 0 Å². The van der Waals surface area contributed by atoms with Crippen LogP contribution >= 0.6 is 11.8 Å². The van der Waals surface area contributed by atoms with Gasteiger partial charge < -0.3 is 15.0 Å². The van der Waals surface area contributed by atoms with Crippen LogP contribution in [-0.2, 0) is 20.9 Å². The van der Waals surface area contributed by atoms with Gasteiger partial charge in [0, 0.05) is 12.2 Å². The van der Waals surface area contributed by atoms with Crippen molar-refractivity contribution in [1.29, 1.82) is 0 Å². The molecule has 4 rings (SSSR count). The first-order chi connectivity index (χ1) is 15.6. The molecule has 0 spiro atoms. The van der Waals surface area contributed by atoms with Gasteiger partial charge in [0.15, 0.2) is 5.17 Å². The van der Waals surface area contributed by atoms with Crippen LogP contribution < -0.4 is 5.32 Å². The number of nitrogens with zero attached hydrogens (tertiary/aromatic N) is 2. The molecule has 2 aromatic carbocycles. The van der Waals surface area contributed by atoms with Gasteiger partial charge >= 0.3 is 5.97 Å². The molecule has 2 aliphatic heterocycles. The Balaban J connectivity index is 1.61. The summed E-state index contributed by atoms with van der Waals surface area (Å²) < 4.78 is 5.13. The van der Waals surface area contributed by atoms with E-state index in [0.29, 0.717) is 24.2 Å². The summed E-state index contributed by atoms with van der Waals surface area (Å²) in [6.45, 7) is 2.45. The SMILES string of the molecule is CCC1=C(C(=O)OC)C(c2ccccc2)N2C(CC(=O)NCc3ccccc3)=CSC2=N1. The van der Waals surface area contributed by atoms with Crippen molar-refractivity contribution in [3.05, 3.63) is 94.2 Å². The molecule has 0 bridgehead atoms. The molecule has 1 unspecified atom stereocenters. The molecule has 6 nitrogen and oxygen atoms in total. The minimum atomic E-state index is -0.400. The van der Waals surface area contributed by atoms with Gasteiger partial charge in [-0.05, 0) is 23.0 Å². The third-order valence-electron chi connectivity index (χ3n) is 5.42. The standard InChI is InChI=1S/C25H25N3O3S/c1-3-20-22(24(30)31-2)23(18-12-8-5-9-13-18)28-19(16-32-25(28)27-20)14-21(29)26-15-17-10-6-4-7-11-17/h4-13,16,23H,3,14-15H2,1-2H3,(H,26,29). The molecule has 0 radical (unpaired) electrons. The van der Waals surface area contributed by atoms with Crippen LogP contribution in [0.4, 0.5) is 0 Å². The number of fused-ring (bicyclic) bond motifs is 1. The topological polar surface area (TPSA) is 71.0 Å². The number of nitrogens with one attached hydrogen (secondary N) is 1. The van der Waals surface area contributed by atoms with Gasteiger partial charge in [0.2, 0.25) is 5.91 Å². The van der Waals surface area contributed by atoms with Crippen LogP contribution in [0.15, 0.2) is 88.0 Å². The average molecular weight is 448 g/mol. The number of hydrogen-bond acceptors (Lipinski definition) is 6. The zero-order valence-corrected chi connectivity index (χ0v) is 18.9. The van der Waals surface area contributed by atoms with Crippen molar-refractivity contribution in [3.63, 3.8) is 0 Å². The number of benzene rings is 2. The number of rotatable bonds is 7. The van der Waals surface area contributed by atoms with E-state index >= 15 is 0 Å². The van der Waals surface area contributed by atoms with E-state index < -0.39 is 12.0 Å². The maximum Gasteiger partial charge on any atom is 0.338 e. The van der Waals surface area contributed by atoms with Crippen LogP contribution in [0.25, 0.3) is 0 Å². The molecule has 2 aromatic rings. The summed E-state index contributed by atoms with van der Waals surface area (Å²) in [7, 11) is 1.39. The molecule has 0 saturated carbocycles. The molecule has 1 N–H and O–H groups in total. The third-order valence-corrected chi connectivity index (χ3v) is 6.31. The summed E-state index contributed by atoms with van der Waals surface area (Å²) in [6.07, 6.45) is 0.802. The summed E-state index contributed by atoms with van der Waals surface area (Å²) in [5, 5.41) is 5.70. The van der Waals surface area contributed by atoms with Crippen molar-refractivity contribution < 1.29 is 14.3 Å². The smallest absolute Gasteiger partial charge is 0.338 e. The van der Waals surface area contributed by atoms with Gasteiger partial charge in [0.25, 0.3) is 0 Å². The lowest BCUT2D eigenvalue weighted by atomic mass is 9.93. The van der Waals surface area contributed by atoms with Crippen molar-refractivity contribution in [2.75, 3.05) is 7.11 Å². The summed E-state index contributed by atoms with van der Waals surface area (Å²) >= 11 is 1.48. The number of thioether (sulfide) groups is 1. The lowest BCUT2D eigenvalue weighted by Gasteiger charge is -2.36. The number of allylic oxidation sites excluding steroid dienone is 1. The van der Waals surface area contributed by atoms with Gasteiger partial charge in [0.1, 0.15) is 0 Å². The maximum atomic E-state index is 12.8. The average Bonchev–Trinajstić information content (AvgIpc) is 3.24. The van der Waals surface area contributed by atoms with E-state index in [1.54, 1.807) is 0 Å². The second-order valence-corrected chi connectivity index (χ2v) is 8.29. The van der Waals surface area contributed by atoms with E-state index in [-0.39, 0.29) is 12.3 Å². The number of methoxy groups -OCH3 is 1. The van der Waals surface area contributed by atoms with Crippen molar-refractivity contribution in [3.8, 4) is 0 Å². The number of aliphatic imine (C=N–C) groups is 1. The first kappa shape index (κ1) is 21.9. The van der Waals surface area contributed by atoms with Crippen LogP contribution in [0.5, 0.6) is 0 Å². The first-order valence-corrected chi connectivity index (χ1v) is 11.4. The van der Waals surface area contributed by atoms with Crippen molar-refractivity contribution >= 4 is 28.8 Å². The maximum absolute atomic E-state index is 12.8. The highest BCUT2D eigenvalue weighted by molar-refractivity contribution is 8.16. The van der Waals surface area contributed by atoms with E-state index in [2.05, 4.69) is 5.32 Å². The van der Waals surface area contributed by atoms with E-state index in [0.717, 1.165) is 22.0 Å². The van der Waals surface area contributed by atoms with Gasteiger partial charge in [-0.3, -0.25) is 4.79 Å². The fourth-order valence-electron chi connectivity index (χ4n) is 3.89. The highest BCUT2D eigenvalue weighted by Crippen LogP contribution is 2.45. The van der Waals surface area contributed by atoms with Crippen molar-refractivity contribution in [2.24, 2.45) is 4.99 Å². The molecule has 0 aromatic heterocycles. The molecule has 0 aliphatic carbocycles. The molecule has 0 saturated heterocycles. The first-order valence-electron chi connectivity index (χ1n) is 10.5. The second-order valence-electron chi connectivity index (χ2n) is 7.45. The summed E-state index contributed by atoms with van der Waals surface area (Å²) in [5.41, 5.74) is 4.03. The number of ether oxygens (including phenoxy) is 1. The van der Waals surface area contributed by atoms with Gasteiger partial charge in [-0.15, -0.1) is 0 Å². The number of amides is 1. The van der Waals surface area contributed by atoms with Crippen LogP contribution in [0.1, 0.15) is 36.9 Å². The molecule has 32 heavy (non-hydrogen) atoms. The summed E-state index contributed by atoms with van der Waals surface area (Å²) in [4.78, 5) is 32.3. The van der Waals surface area contributed by atoms with Crippen molar-refractivity contribution in [2.45, 2.75) is 32.4 Å². The Labute approximate surface area is 192 Å².